The Morgan fingerprint density at radius 1 is 0.964 bits per heavy atom. The lowest BCUT2D eigenvalue weighted by Gasteiger charge is -2.14. The van der Waals surface area contributed by atoms with E-state index in [-0.39, 0.29) is 24.0 Å². The molecule has 3 nitrogen and oxygen atoms in total. The zero-order chi connectivity index (χ0) is 18.4. The Bertz CT molecular complexity index is 1290. The van der Waals surface area contributed by atoms with Crippen LogP contribution in [0.25, 0.3) is 33.0 Å². The van der Waals surface area contributed by atoms with Crippen LogP contribution in [0.5, 0.6) is 0 Å². The van der Waals surface area contributed by atoms with Gasteiger partial charge in [-0.2, -0.15) is 8.80 Å². The van der Waals surface area contributed by atoms with Gasteiger partial charge in [-0.1, -0.05) is 31.5 Å². The molecule has 4 heteroatoms. The number of aromatic nitrogens is 2. The van der Waals surface area contributed by atoms with Crippen LogP contribution < -0.4 is 33.7 Å². The lowest BCUT2D eigenvalue weighted by molar-refractivity contribution is -0.479. The van der Waals surface area contributed by atoms with Crippen LogP contribution in [0.2, 0.25) is 0 Å². The van der Waals surface area contributed by atoms with Gasteiger partial charge in [-0.05, 0) is 55.8 Å². The van der Waals surface area contributed by atoms with Crippen LogP contribution in [0, 0.1) is 0 Å². The van der Waals surface area contributed by atoms with Gasteiger partial charge in [0.25, 0.3) is 5.65 Å². The van der Waals surface area contributed by atoms with Crippen LogP contribution in [0.15, 0.2) is 72.9 Å². The van der Waals surface area contributed by atoms with Crippen LogP contribution in [0.1, 0.15) is 26.7 Å². The van der Waals surface area contributed by atoms with Crippen molar-refractivity contribution < 1.29 is 28.4 Å². The summed E-state index contributed by atoms with van der Waals surface area (Å²) in [5, 5.41) is 6.13. The number of nitrogens with zero attached hydrogens (tertiary/aromatic N) is 2. The quantitative estimate of drug-likeness (QED) is 0.309. The molecule has 1 N–H and O–H groups in total. The van der Waals surface area contributed by atoms with Crippen molar-refractivity contribution in [3.8, 4) is 0 Å². The minimum Gasteiger partial charge on any atom is -1.00 e. The molecule has 0 aliphatic carbocycles. The van der Waals surface area contributed by atoms with E-state index in [0.29, 0.717) is 6.04 Å². The number of hydrogen-bond acceptors (Lipinski definition) is 1. The summed E-state index contributed by atoms with van der Waals surface area (Å²) in [7, 11) is 0. The third-order valence-corrected chi connectivity index (χ3v) is 5.44. The van der Waals surface area contributed by atoms with E-state index < -0.39 is 0 Å². The van der Waals surface area contributed by atoms with Crippen molar-refractivity contribution in [1.29, 1.82) is 0 Å². The second-order valence-electron chi connectivity index (χ2n) is 7.45. The van der Waals surface area contributed by atoms with E-state index in [1.165, 1.54) is 51.5 Å². The Balaban J connectivity index is 0.00000192. The molecule has 0 bridgehead atoms. The van der Waals surface area contributed by atoms with Gasteiger partial charge in [-0.3, -0.25) is 0 Å². The number of para-hydroxylation sites is 1. The van der Waals surface area contributed by atoms with Crippen molar-refractivity contribution >= 4 is 38.7 Å². The van der Waals surface area contributed by atoms with E-state index in [4.69, 9.17) is 0 Å². The molecule has 2 aromatic carbocycles. The second-order valence-corrected chi connectivity index (χ2v) is 7.45. The normalized spacial score (nSPS) is 12.5. The van der Waals surface area contributed by atoms with Crippen molar-refractivity contribution in [2.45, 2.75) is 32.7 Å². The lowest BCUT2D eigenvalue weighted by Crippen LogP contribution is -3.00. The first-order valence-corrected chi connectivity index (χ1v) is 9.78. The highest BCUT2D eigenvalue weighted by Gasteiger charge is 2.16. The molecule has 5 aromatic rings. The smallest absolute Gasteiger partial charge is 0.292 e. The number of halogens is 1. The summed E-state index contributed by atoms with van der Waals surface area (Å²) < 4.78 is 4.64. The Morgan fingerprint density at radius 3 is 2.64 bits per heavy atom. The monoisotopic (exact) mass is 481 g/mol. The van der Waals surface area contributed by atoms with Gasteiger partial charge < -0.3 is 29.3 Å². The first-order valence-electron chi connectivity index (χ1n) is 9.78. The summed E-state index contributed by atoms with van der Waals surface area (Å²) in [6, 6.07) is 24.6. The van der Waals surface area contributed by atoms with E-state index in [1.54, 1.807) is 0 Å². The predicted molar refractivity (Wildman–Crippen MR) is 114 cm³/mol. The Hall–Kier alpha value is -2.34. The summed E-state index contributed by atoms with van der Waals surface area (Å²) in [5.74, 6) is 0. The Labute approximate surface area is 182 Å². The number of rotatable bonds is 4. The lowest BCUT2D eigenvalue weighted by atomic mass is 10.1. The van der Waals surface area contributed by atoms with Crippen molar-refractivity contribution in [3.05, 3.63) is 72.9 Å². The average Bonchev–Trinajstić information content (AvgIpc) is 3.07. The fourth-order valence-electron chi connectivity index (χ4n) is 4.18. The largest absolute Gasteiger partial charge is 1.00 e. The Kier molecular flexibility index (Phi) is 5.15. The topological polar surface area (TPSA) is 20.5 Å². The molecule has 0 amide bonds. The van der Waals surface area contributed by atoms with E-state index in [1.807, 2.05) is 0 Å². The van der Waals surface area contributed by atoms with Gasteiger partial charge in [0.2, 0.25) is 0 Å². The highest BCUT2D eigenvalue weighted by Crippen LogP contribution is 2.24. The summed E-state index contributed by atoms with van der Waals surface area (Å²) >= 11 is 0. The molecule has 0 aliphatic heterocycles. The molecule has 0 radical (unpaired) electrons. The van der Waals surface area contributed by atoms with Gasteiger partial charge in [0.05, 0.1) is 0 Å². The Morgan fingerprint density at radius 2 is 1.79 bits per heavy atom. The number of anilines is 1. The maximum atomic E-state index is 3.62. The SMILES string of the molecule is CCCC(C)Nc1ccc2c(ccc3c[n+]4c5ccccc5ccc4n32)c1.[I-]. The fourth-order valence-corrected chi connectivity index (χ4v) is 4.18. The zero-order valence-corrected chi connectivity index (χ0v) is 18.3. The molecule has 0 aliphatic rings. The van der Waals surface area contributed by atoms with Gasteiger partial charge in [0.15, 0.2) is 5.52 Å². The van der Waals surface area contributed by atoms with Gasteiger partial charge in [0, 0.05) is 28.6 Å². The highest BCUT2D eigenvalue weighted by atomic mass is 127. The summed E-state index contributed by atoms with van der Waals surface area (Å²) in [4.78, 5) is 0. The molecule has 28 heavy (non-hydrogen) atoms. The summed E-state index contributed by atoms with van der Waals surface area (Å²) in [6.45, 7) is 4.48. The predicted octanol–water partition coefficient (Wildman–Crippen LogP) is 2.59. The van der Waals surface area contributed by atoms with Crippen molar-refractivity contribution in [2.75, 3.05) is 5.32 Å². The number of nitrogens with one attached hydrogen (secondary N) is 1. The minimum absolute atomic E-state index is 0. The molecule has 0 fully saturated rings. The van der Waals surface area contributed by atoms with Crippen molar-refractivity contribution in [1.82, 2.24) is 4.40 Å². The first kappa shape index (κ1) is 19.0. The van der Waals surface area contributed by atoms with Gasteiger partial charge in [-0.15, -0.1) is 0 Å². The van der Waals surface area contributed by atoms with Crippen LogP contribution >= 0.6 is 0 Å². The van der Waals surface area contributed by atoms with Gasteiger partial charge >= 0.3 is 0 Å². The molecular formula is C24H24IN3. The van der Waals surface area contributed by atoms with Crippen LogP contribution in [-0.2, 0) is 0 Å². The number of pyridine rings is 2. The summed E-state index contributed by atoms with van der Waals surface area (Å²) in [5.41, 5.74) is 6.06. The number of fused-ring (bicyclic) bond motifs is 7. The van der Waals surface area contributed by atoms with E-state index in [0.717, 1.165) is 0 Å². The number of benzene rings is 2. The van der Waals surface area contributed by atoms with Gasteiger partial charge in [-0.25, -0.2) is 0 Å². The third kappa shape index (κ3) is 3.09. The first-order chi connectivity index (χ1) is 13.2. The molecule has 0 saturated heterocycles. The third-order valence-electron chi connectivity index (χ3n) is 5.44. The standard InChI is InChI=1S/C24H24N3.HI/c1-3-6-17(2)25-20-11-13-23-19(15-20)9-12-21-16-26-22-8-5-4-7-18(22)10-14-24(26)27(21)23;/h4-5,7-17,25H,3,6H2,1-2H3;1H/q+1;/p-1. The van der Waals surface area contributed by atoms with Crippen LogP contribution in [-0.4, -0.2) is 10.4 Å². The molecule has 0 saturated carbocycles. The molecule has 5 rings (SSSR count). The van der Waals surface area contributed by atoms with E-state index in [2.05, 4.69) is 101 Å². The second kappa shape index (κ2) is 7.59. The maximum Gasteiger partial charge on any atom is 0.292 e. The molecule has 1 unspecified atom stereocenters. The number of hydrogen-bond donors (Lipinski definition) is 1. The molecule has 0 spiro atoms. The van der Waals surface area contributed by atoms with Crippen molar-refractivity contribution in [2.24, 2.45) is 0 Å². The minimum atomic E-state index is 0. The maximum absolute atomic E-state index is 3.62. The van der Waals surface area contributed by atoms with Gasteiger partial charge in [0.1, 0.15) is 17.2 Å². The van der Waals surface area contributed by atoms with E-state index in [9.17, 15) is 0 Å². The van der Waals surface area contributed by atoms with E-state index >= 15 is 0 Å². The van der Waals surface area contributed by atoms with Crippen LogP contribution in [0.4, 0.5) is 5.69 Å². The molecular weight excluding hydrogens is 457 g/mol. The highest BCUT2D eigenvalue weighted by molar-refractivity contribution is 5.88. The molecule has 3 aromatic heterocycles. The average molecular weight is 481 g/mol. The summed E-state index contributed by atoms with van der Waals surface area (Å²) in [6.07, 6.45) is 4.61. The van der Waals surface area contributed by atoms with Crippen molar-refractivity contribution in [3.63, 3.8) is 0 Å². The fraction of sp³-hybridized carbons (Fsp3) is 0.208. The zero-order valence-electron chi connectivity index (χ0n) is 16.2. The van der Waals surface area contributed by atoms with Crippen LogP contribution in [0.3, 0.4) is 0 Å². The molecule has 1 atom stereocenters. The number of imidazole rings is 1. The molecule has 3 heterocycles. The molecule has 142 valence electrons.